The van der Waals surface area contributed by atoms with Gasteiger partial charge in [0.1, 0.15) is 6.10 Å². The number of hydrogen-bond donors (Lipinski definition) is 3. The van der Waals surface area contributed by atoms with Crippen molar-refractivity contribution >= 4 is 37.2 Å². The molecule has 0 bridgehead atoms. The van der Waals surface area contributed by atoms with E-state index in [4.69, 9.17) is 0 Å². The fourth-order valence-electron chi connectivity index (χ4n) is 4.83. The molecular formula is C26H37Cl3N4O. The lowest BCUT2D eigenvalue weighted by Gasteiger charge is -2.37. The number of halogens is 3. The molecule has 2 atom stereocenters. The van der Waals surface area contributed by atoms with Crippen molar-refractivity contribution in [2.24, 2.45) is 0 Å². The standard InChI is InChI=1S/C26H34N4O.3ClH/c1-20-25(29-19-28-20)26(31)24(30-17-15-27-16-18-30)14-8-13-23(21-9-4-2-5-10-21)22-11-6-3-7-12-22;;;/h2-7,9-12,19,23-24,26-27,31H,8,13-18H2,1H3,(H,28,29);3*1H. The Labute approximate surface area is 222 Å². The molecule has 1 aromatic heterocycles. The van der Waals surface area contributed by atoms with Crippen molar-refractivity contribution in [2.75, 3.05) is 26.2 Å². The molecule has 3 N–H and O–H groups in total. The largest absolute Gasteiger partial charge is 0.385 e. The summed E-state index contributed by atoms with van der Waals surface area (Å²) < 4.78 is 0. The number of rotatable bonds is 9. The highest BCUT2D eigenvalue weighted by atomic mass is 35.5. The maximum Gasteiger partial charge on any atom is 0.113 e. The molecule has 0 saturated carbocycles. The van der Waals surface area contributed by atoms with Crippen LogP contribution in [0.25, 0.3) is 0 Å². The summed E-state index contributed by atoms with van der Waals surface area (Å²) in [4.78, 5) is 9.98. The Kier molecular flexibility index (Phi) is 13.8. The molecule has 4 rings (SSSR count). The number of piperazine rings is 1. The molecule has 1 saturated heterocycles. The Morgan fingerprint density at radius 2 is 1.44 bits per heavy atom. The average Bonchev–Trinajstić information content (AvgIpc) is 3.26. The first-order valence-corrected chi connectivity index (χ1v) is 11.5. The molecule has 1 aliphatic rings. The van der Waals surface area contributed by atoms with E-state index < -0.39 is 6.10 Å². The van der Waals surface area contributed by atoms with Crippen LogP contribution in [0.5, 0.6) is 0 Å². The summed E-state index contributed by atoms with van der Waals surface area (Å²) in [7, 11) is 0. The number of aryl methyl sites for hydroxylation is 1. The van der Waals surface area contributed by atoms with Gasteiger partial charge >= 0.3 is 0 Å². The molecule has 5 nitrogen and oxygen atoms in total. The fourth-order valence-corrected chi connectivity index (χ4v) is 4.83. The third-order valence-corrected chi connectivity index (χ3v) is 6.53. The van der Waals surface area contributed by atoms with Crippen molar-refractivity contribution in [1.82, 2.24) is 20.2 Å². The van der Waals surface area contributed by atoms with Crippen LogP contribution >= 0.6 is 37.2 Å². The van der Waals surface area contributed by atoms with E-state index in [0.717, 1.165) is 56.8 Å². The lowest BCUT2D eigenvalue weighted by Crippen LogP contribution is -2.50. The quantitative estimate of drug-likeness (QED) is 0.354. The van der Waals surface area contributed by atoms with Gasteiger partial charge in [0.15, 0.2) is 0 Å². The summed E-state index contributed by atoms with van der Waals surface area (Å²) in [6.45, 7) is 5.86. The van der Waals surface area contributed by atoms with Crippen LogP contribution in [0, 0.1) is 6.92 Å². The second-order valence-corrected chi connectivity index (χ2v) is 8.52. The number of hydrogen-bond acceptors (Lipinski definition) is 4. The van der Waals surface area contributed by atoms with Crippen LogP contribution in [-0.4, -0.2) is 52.2 Å². The Bertz CT molecular complexity index is 881. The van der Waals surface area contributed by atoms with Crippen LogP contribution in [0.15, 0.2) is 67.0 Å². The zero-order chi connectivity index (χ0) is 21.5. The van der Waals surface area contributed by atoms with Crippen molar-refractivity contribution < 1.29 is 5.11 Å². The minimum atomic E-state index is -0.573. The molecule has 8 heteroatoms. The summed E-state index contributed by atoms with van der Waals surface area (Å²) in [6, 6.07) is 21.6. The molecule has 3 aromatic rings. The summed E-state index contributed by atoms with van der Waals surface area (Å²) in [6.07, 6.45) is 4.16. The number of aliphatic hydroxyl groups is 1. The first kappa shape index (κ1) is 30.4. The van der Waals surface area contributed by atoms with E-state index in [1.165, 1.54) is 11.1 Å². The van der Waals surface area contributed by atoms with E-state index in [-0.39, 0.29) is 43.3 Å². The minimum Gasteiger partial charge on any atom is -0.385 e. The van der Waals surface area contributed by atoms with Crippen molar-refractivity contribution in [3.8, 4) is 0 Å². The third kappa shape index (κ3) is 7.70. The number of aromatic amines is 1. The number of aliphatic hydroxyl groups excluding tert-OH is 1. The maximum atomic E-state index is 11.3. The van der Waals surface area contributed by atoms with Crippen LogP contribution in [0.2, 0.25) is 0 Å². The molecule has 0 amide bonds. The van der Waals surface area contributed by atoms with Gasteiger partial charge in [0.05, 0.1) is 12.0 Å². The topological polar surface area (TPSA) is 64.2 Å². The Balaban J connectivity index is 0.00000193. The molecule has 2 unspecified atom stereocenters. The normalized spacial score (nSPS) is 15.5. The maximum absolute atomic E-state index is 11.3. The molecule has 188 valence electrons. The van der Waals surface area contributed by atoms with E-state index in [2.05, 4.69) is 80.8 Å². The van der Waals surface area contributed by atoms with Crippen molar-refractivity contribution in [3.05, 3.63) is 89.5 Å². The summed E-state index contributed by atoms with van der Waals surface area (Å²) >= 11 is 0. The van der Waals surface area contributed by atoms with Crippen molar-refractivity contribution in [1.29, 1.82) is 0 Å². The van der Waals surface area contributed by atoms with Gasteiger partial charge in [-0.25, -0.2) is 4.98 Å². The molecule has 2 heterocycles. The van der Waals surface area contributed by atoms with E-state index in [1.54, 1.807) is 6.33 Å². The van der Waals surface area contributed by atoms with Gasteiger partial charge < -0.3 is 15.4 Å². The lowest BCUT2D eigenvalue weighted by molar-refractivity contribution is 0.0322. The monoisotopic (exact) mass is 526 g/mol. The average molecular weight is 528 g/mol. The highest BCUT2D eigenvalue weighted by Gasteiger charge is 2.30. The van der Waals surface area contributed by atoms with E-state index in [0.29, 0.717) is 5.92 Å². The number of benzene rings is 2. The molecule has 1 aliphatic heterocycles. The van der Waals surface area contributed by atoms with Gasteiger partial charge in [-0.1, -0.05) is 67.1 Å². The molecular weight excluding hydrogens is 491 g/mol. The minimum absolute atomic E-state index is 0. The third-order valence-electron chi connectivity index (χ3n) is 6.53. The van der Waals surface area contributed by atoms with Crippen LogP contribution in [-0.2, 0) is 0 Å². The molecule has 1 fully saturated rings. The van der Waals surface area contributed by atoms with Crippen molar-refractivity contribution in [3.63, 3.8) is 0 Å². The Morgan fingerprint density at radius 1 is 0.882 bits per heavy atom. The zero-order valence-corrected chi connectivity index (χ0v) is 22.0. The first-order chi connectivity index (χ1) is 15.2. The Morgan fingerprint density at radius 3 is 1.94 bits per heavy atom. The molecule has 0 spiro atoms. The van der Waals surface area contributed by atoms with Gasteiger partial charge in [-0.05, 0) is 30.9 Å². The smallest absolute Gasteiger partial charge is 0.113 e. The predicted octanol–water partition coefficient (Wildman–Crippen LogP) is 5.29. The predicted molar refractivity (Wildman–Crippen MR) is 147 cm³/mol. The summed E-state index contributed by atoms with van der Waals surface area (Å²) in [5.74, 6) is 0.371. The molecule has 0 aliphatic carbocycles. The zero-order valence-electron chi connectivity index (χ0n) is 19.6. The van der Waals surface area contributed by atoms with Crippen LogP contribution < -0.4 is 5.32 Å². The van der Waals surface area contributed by atoms with E-state index in [9.17, 15) is 5.11 Å². The second-order valence-electron chi connectivity index (χ2n) is 8.52. The van der Waals surface area contributed by atoms with Crippen molar-refractivity contribution in [2.45, 2.75) is 44.2 Å². The summed E-state index contributed by atoms with van der Waals surface area (Å²) in [5, 5.41) is 14.7. The van der Waals surface area contributed by atoms with E-state index in [1.807, 2.05) is 6.92 Å². The number of nitrogens with one attached hydrogen (secondary N) is 2. The fraction of sp³-hybridized carbons (Fsp3) is 0.423. The number of H-pyrrole nitrogens is 1. The molecule has 2 aromatic carbocycles. The SMILES string of the molecule is Cc1[nH]cnc1C(O)C(CCCC(c1ccccc1)c1ccccc1)N1CCNCC1.Cl.Cl.Cl. The van der Waals surface area contributed by atoms with Gasteiger partial charge in [0.25, 0.3) is 0 Å². The molecule has 0 radical (unpaired) electrons. The van der Waals surface area contributed by atoms with Crippen LogP contribution in [0.3, 0.4) is 0 Å². The van der Waals surface area contributed by atoms with Gasteiger partial charge in [-0.3, -0.25) is 4.90 Å². The number of aromatic nitrogens is 2. The van der Waals surface area contributed by atoms with Gasteiger partial charge in [0, 0.05) is 43.8 Å². The highest BCUT2D eigenvalue weighted by molar-refractivity contribution is 5.86. The Hall–Kier alpha value is -1.60. The number of nitrogens with zero attached hydrogens (tertiary/aromatic N) is 2. The second kappa shape index (κ2) is 15.4. The van der Waals surface area contributed by atoms with Gasteiger partial charge in [-0.15, -0.1) is 37.2 Å². The first-order valence-electron chi connectivity index (χ1n) is 11.5. The number of imidazole rings is 1. The van der Waals surface area contributed by atoms with E-state index >= 15 is 0 Å². The lowest BCUT2D eigenvalue weighted by atomic mass is 9.86. The van der Waals surface area contributed by atoms with Gasteiger partial charge in [0.2, 0.25) is 0 Å². The molecule has 34 heavy (non-hydrogen) atoms. The van der Waals surface area contributed by atoms with Gasteiger partial charge in [-0.2, -0.15) is 0 Å². The summed E-state index contributed by atoms with van der Waals surface area (Å²) in [5.41, 5.74) is 4.46. The van der Waals surface area contributed by atoms with Crippen LogP contribution in [0.1, 0.15) is 53.8 Å². The van der Waals surface area contributed by atoms with Crippen LogP contribution in [0.4, 0.5) is 0 Å². The highest BCUT2D eigenvalue weighted by Crippen LogP contribution is 2.32.